The van der Waals surface area contributed by atoms with Gasteiger partial charge in [-0.3, -0.25) is 0 Å². The summed E-state index contributed by atoms with van der Waals surface area (Å²) in [6.45, 7) is 3.47. The second-order valence-electron chi connectivity index (χ2n) is 3.65. The highest BCUT2D eigenvalue weighted by atomic mass is 35.5. The molecule has 0 aliphatic rings. The first kappa shape index (κ1) is 11.4. The Kier molecular flexibility index (Phi) is 3.41. The third-order valence-electron chi connectivity index (χ3n) is 2.48. The second kappa shape index (κ2) is 4.80. The van der Waals surface area contributed by atoms with E-state index in [-0.39, 0.29) is 0 Å². The number of fused-ring (bicyclic) bond motifs is 1. The summed E-state index contributed by atoms with van der Waals surface area (Å²) in [6.07, 6.45) is 2.62. The van der Waals surface area contributed by atoms with Gasteiger partial charge in [-0.2, -0.15) is 5.10 Å². The van der Waals surface area contributed by atoms with Crippen LogP contribution in [0.2, 0.25) is 5.02 Å². The highest BCUT2D eigenvalue weighted by Gasteiger charge is 2.10. The molecule has 16 heavy (non-hydrogen) atoms. The van der Waals surface area contributed by atoms with Gasteiger partial charge >= 0.3 is 0 Å². The first-order valence-electron chi connectivity index (χ1n) is 5.20. The molecule has 0 saturated carbocycles. The molecule has 0 atom stereocenters. The molecule has 0 aliphatic heterocycles. The zero-order valence-corrected chi connectivity index (χ0v) is 10.2. The second-order valence-corrected chi connectivity index (χ2v) is 4.05. The van der Waals surface area contributed by atoms with Crippen LogP contribution in [0.3, 0.4) is 0 Å². The molecule has 0 aromatic carbocycles. The van der Waals surface area contributed by atoms with Crippen molar-refractivity contribution in [2.45, 2.75) is 19.9 Å². The molecule has 5 heteroatoms. The van der Waals surface area contributed by atoms with Gasteiger partial charge in [-0.15, -0.1) is 0 Å². The van der Waals surface area contributed by atoms with E-state index in [0.29, 0.717) is 5.02 Å². The van der Waals surface area contributed by atoms with Gasteiger partial charge in [-0.1, -0.05) is 11.6 Å². The molecule has 0 aliphatic carbocycles. The largest absolute Gasteiger partial charge is 0.385 e. The topological polar surface area (TPSA) is 39.9 Å². The van der Waals surface area contributed by atoms with Gasteiger partial charge in [0.2, 0.25) is 0 Å². The van der Waals surface area contributed by atoms with Gasteiger partial charge in [0.15, 0.2) is 5.65 Å². The molecular formula is C11H14ClN3O. The van der Waals surface area contributed by atoms with E-state index in [1.807, 2.05) is 11.6 Å². The van der Waals surface area contributed by atoms with Crippen molar-refractivity contribution in [1.82, 2.24) is 14.8 Å². The van der Waals surface area contributed by atoms with Crippen LogP contribution in [0.5, 0.6) is 0 Å². The van der Waals surface area contributed by atoms with Crippen molar-refractivity contribution in [3.05, 3.63) is 23.0 Å². The standard InChI is InChI=1S/C11H14ClN3O/c1-8-10-9(12)4-5-13-11(10)15(14-8)6-3-7-16-2/h4-5H,3,6-7H2,1-2H3. The van der Waals surface area contributed by atoms with E-state index in [0.717, 1.165) is 36.3 Å². The smallest absolute Gasteiger partial charge is 0.159 e. The normalized spacial score (nSPS) is 11.2. The summed E-state index contributed by atoms with van der Waals surface area (Å²) < 4.78 is 6.90. The van der Waals surface area contributed by atoms with Crippen LogP contribution >= 0.6 is 11.6 Å². The van der Waals surface area contributed by atoms with Crippen LogP contribution in [0, 0.1) is 6.92 Å². The van der Waals surface area contributed by atoms with E-state index < -0.39 is 0 Å². The number of aryl methyl sites for hydroxylation is 2. The van der Waals surface area contributed by atoms with Crippen molar-refractivity contribution in [2.24, 2.45) is 0 Å². The summed E-state index contributed by atoms with van der Waals surface area (Å²) in [4.78, 5) is 4.32. The minimum absolute atomic E-state index is 0.709. The predicted molar refractivity (Wildman–Crippen MR) is 63.8 cm³/mol. The summed E-state index contributed by atoms with van der Waals surface area (Å²) >= 11 is 6.12. The third-order valence-corrected chi connectivity index (χ3v) is 2.79. The quantitative estimate of drug-likeness (QED) is 0.770. The molecule has 0 spiro atoms. The summed E-state index contributed by atoms with van der Waals surface area (Å²) in [5, 5.41) is 6.09. The van der Waals surface area contributed by atoms with Gasteiger partial charge in [0.25, 0.3) is 0 Å². The summed E-state index contributed by atoms with van der Waals surface area (Å²) in [6, 6.07) is 1.79. The van der Waals surface area contributed by atoms with E-state index in [1.165, 1.54) is 0 Å². The molecule has 86 valence electrons. The average molecular weight is 240 g/mol. The van der Waals surface area contributed by atoms with Gasteiger partial charge < -0.3 is 4.74 Å². The van der Waals surface area contributed by atoms with Gasteiger partial charge in [0, 0.05) is 26.5 Å². The van der Waals surface area contributed by atoms with Crippen molar-refractivity contribution in [2.75, 3.05) is 13.7 Å². The summed E-state index contributed by atoms with van der Waals surface area (Å²) in [5.74, 6) is 0. The Morgan fingerprint density at radius 1 is 1.50 bits per heavy atom. The molecule has 0 saturated heterocycles. The van der Waals surface area contributed by atoms with E-state index in [1.54, 1.807) is 19.4 Å². The predicted octanol–water partition coefficient (Wildman–Crippen LogP) is 2.43. The Morgan fingerprint density at radius 3 is 3.06 bits per heavy atom. The van der Waals surface area contributed by atoms with E-state index in [9.17, 15) is 0 Å². The van der Waals surface area contributed by atoms with Crippen LogP contribution in [0.25, 0.3) is 11.0 Å². The Balaban J connectivity index is 2.36. The van der Waals surface area contributed by atoms with E-state index in [4.69, 9.17) is 16.3 Å². The van der Waals surface area contributed by atoms with Crippen molar-refractivity contribution in [1.29, 1.82) is 0 Å². The van der Waals surface area contributed by atoms with E-state index >= 15 is 0 Å². The molecule has 4 nitrogen and oxygen atoms in total. The maximum Gasteiger partial charge on any atom is 0.159 e. The van der Waals surface area contributed by atoms with E-state index in [2.05, 4.69) is 10.1 Å². The molecule has 2 heterocycles. The molecule has 0 unspecified atom stereocenters. The number of aromatic nitrogens is 3. The van der Waals surface area contributed by atoms with Gasteiger partial charge in [-0.25, -0.2) is 9.67 Å². The van der Waals surface area contributed by atoms with Crippen molar-refractivity contribution < 1.29 is 4.74 Å². The number of nitrogens with zero attached hydrogens (tertiary/aromatic N) is 3. The number of hydrogen-bond donors (Lipinski definition) is 0. The fraction of sp³-hybridized carbons (Fsp3) is 0.455. The lowest BCUT2D eigenvalue weighted by Crippen LogP contribution is -2.04. The number of rotatable bonds is 4. The SMILES string of the molecule is COCCCn1nc(C)c2c(Cl)ccnc21. The first-order chi connectivity index (χ1) is 7.74. The number of methoxy groups -OCH3 is 1. The van der Waals surface area contributed by atoms with Gasteiger partial charge in [-0.05, 0) is 19.4 Å². The molecular weight excluding hydrogens is 226 g/mol. The Labute approximate surface area is 99.2 Å². The molecule has 0 fully saturated rings. The highest BCUT2D eigenvalue weighted by molar-refractivity contribution is 6.35. The fourth-order valence-electron chi connectivity index (χ4n) is 1.75. The van der Waals surface area contributed by atoms with Crippen molar-refractivity contribution >= 4 is 22.6 Å². The molecule has 0 amide bonds. The number of pyridine rings is 1. The highest BCUT2D eigenvalue weighted by Crippen LogP contribution is 2.24. The van der Waals surface area contributed by atoms with Crippen LogP contribution in [0.4, 0.5) is 0 Å². The lowest BCUT2D eigenvalue weighted by atomic mass is 10.3. The first-order valence-corrected chi connectivity index (χ1v) is 5.58. The lowest BCUT2D eigenvalue weighted by Gasteiger charge is -2.01. The lowest BCUT2D eigenvalue weighted by molar-refractivity contribution is 0.189. The minimum Gasteiger partial charge on any atom is -0.385 e. The zero-order valence-electron chi connectivity index (χ0n) is 9.40. The fourth-order valence-corrected chi connectivity index (χ4v) is 2.03. The average Bonchev–Trinajstić information content (AvgIpc) is 2.58. The van der Waals surface area contributed by atoms with Crippen LogP contribution in [-0.4, -0.2) is 28.5 Å². The Hall–Kier alpha value is -1.13. The van der Waals surface area contributed by atoms with Crippen molar-refractivity contribution in [3.8, 4) is 0 Å². The maximum atomic E-state index is 6.12. The van der Waals surface area contributed by atoms with Crippen LogP contribution in [0.1, 0.15) is 12.1 Å². The molecule has 2 aromatic heterocycles. The molecule has 0 N–H and O–H groups in total. The van der Waals surface area contributed by atoms with Gasteiger partial charge in [0.1, 0.15) is 0 Å². The minimum atomic E-state index is 0.709. The monoisotopic (exact) mass is 239 g/mol. The Morgan fingerprint density at radius 2 is 2.31 bits per heavy atom. The number of ether oxygens (including phenoxy) is 1. The number of hydrogen-bond acceptors (Lipinski definition) is 3. The third kappa shape index (κ3) is 2.03. The van der Waals surface area contributed by atoms with Crippen LogP contribution in [0.15, 0.2) is 12.3 Å². The summed E-state index contributed by atoms with van der Waals surface area (Å²) in [5.41, 5.74) is 1.77. The molecule has 2 rings (SSSR count). The summed E-state index contributed by atoms with van der Waals surface area (Å²) in [7, 11) is 1.70. The molecule has 2 aromatic rings. The Bertz CT molecular complexity index is 495. The van der Waals surface area contributed by atoms with Crippen molar-refractivity contribution in [3.63, 3.8) is 0 Å². The number of halogens is 1. The molecule has 0 radical (unpaired) electrons. The van der Waals surface area contributed by atoms with Crippen LogP contribution in [-0.2, 0) is 11.3 Å². The zero-order chi connectivity index (χ0) is 11.5. The maximum absolute atomic E-state index is 6.12. The van der Waals surface area contributed by atoms with Gasteiger partial charge in [0.05, 0.1) is 16.1 Å². The van der Waals surface area contributed by atoms with Crippen LogP contribution < -0.4 is 0 Å². The molecule has 0 bridgehead atoms.